The van der Waals surface area contributed by atoms with Crippen LogP contribution < -0.4 is 5.73 Å². The van der Waals surface area contributed by atoms with Crippen LogP contribution in [0.5, 0.6) is 0 Å². The van der Waals surface area contributed by atoms with Crippen molar-refractivity contribution >= 4 is 0 Å². The van der Waals surface area contributed by atoms with Crippen LogP contribution in [-0.4, -0.2) is 24.5 Å². The van der Waals surface area contributed by atoms with Crippen molar-refractivity contribution < 1.29 is 13.2 Å². The number of likely N-dealkylation sites (tertiary alicyclic amines) is 1. The number of benzene rings is 1. The van der Waals surface area contributed by atoms with Crippen LogP contribution in [0.1, 0.15) is 30.5 Å². The molecule has 1 aliphatic rings. The lowest BCUT2D eigenvalue weighted by Crippen LogP contribution is -2.30. The molecule has 1 heterocycles. The Hall–Kier alpha value is -1.07. The number of hydrogen-bond donors (Lipinski definition) is 1. The number of rotatable bonds is 3. The molecule has 2 nitrogen and oxygen atoms in total. The van der Waals surface area contributed by atoms with Crippen LogP contribution in [0.2, 0.25) is 0 Å². The summed E-state index contributed by atoms with van der Waals surface area (Å²) < 4.78 is 37.9. The van der Waals surface area contributed by atoms with Crippen LogP contribution >= 0.6 is 0 Å². The third-order valence-corrected chi connectivity index (χ3v) is 3.61. The topological polar surface area (TPSA) is 29.3 Å². The summed E-state index contributed by atoms with van der Waals surface area (Å²) in [4.78, 5) is 2.22. The summed E-state index contributed by atoms with van der Waals surface area (Å²) in [5.41, 5.74) is 5.94. The van der Waals surface area contributed by atoms with Gasteiger partial charge < -0.3 is 10.6 Å². The second-order valence-electron chi connectivity index (χ2n) is 5.38. The third kappa shape index (κ3) is 3.70. The molecule has 5 heteroatoms. The van der Waals surface area contributed by atoms with Gasteiger partial charge in [0.25, 0.3) is 0 Å². The average Bonchev–Trinajstić information content (AvgIpc) is 2.74. The van der Waals surface area contributed by atoms with Gasteiger partial charge in [-0.15, -0.1) is 0 Å². The fourth-order valence-electron chi connectivity index (χ4n) is 2.52. The molecule has 1 aliphatic heterocycles. The first kappa shape index (κ1) is 14.3. The summed E-state index contributed by atoms with van der Waals surface area (Å²) in [5, 5.41) is 0. The van der Waals surface area contributed by atoms with Gasteiger partial charge in [-0.05, 0) is 36.6 Å². The van der Waals surface area contributed by atoms with Crippen LogP contribution in [0.15, 0.2) is 24.3 Å². The highest BCUT2D eigenvalue weighted by Gasteiger charge is 2.31. The van der Waals surface area contributed by atoms with Gasteiger partial charge in [0.15, 0.2) is 0 Å². The molecule has 0 saturated carbocycles. The van der Waals surface area contributed by atoms with E-state index in [2.05, 4.69) is 11.8 Å². The molecule has 2 atom stereocenters. The molecule has 1 fully saturated rings. The molecular weight excluding hydrogens is 253 g/mol. The highest BCUT2D eigenvalue weighted by molar-refractivity contribution is 5.28. The van der Waals surface area contributed by atoms with Gasteiger partial charge in [0.2, 0.25) is 0 Å². The Labute approximate surface area is 111 Å². The minimum Gasteiger partial charge on any atom is -0.323 e. The highest BCUT2D eigenvalue weighted by atomic mass is 19.4. The van der Waals surface area contributed by atoms with E-state index in [0.29, 0.717) is 18.0 Å². The molecule has 1 aromatic carbocycles. The van der Waals surface area contributed by atoms with Crippen LogP contribution in [0.3, 0.4) is 0 Å². The fraction of sp³-hybridized carbons (Fsp3) is 0.571. The summed E-state index contributed by atoms with van der Waals surface area (Å²) in [6.07, 6.45) is -3.17. The molecule has 106 valence electrons. The Morgan fingerprint density at radius 3 is 2.74 bits per heavy atom. The molecule has 0 bridgehead atoms. The minimum absolute atomic E-state index is 0.368. The molecule has 0 aliphatic carbocycles. The van der Waals surface area contributed by atoms with Crippen molar-refractivity contribution in [2.75, 3.05) is 19.6 Å². The number of nitrogens with zero attached hydrogens (tertiary/aromatic N) is 1. The number of nitrogens with two attached hydrogens (primary N) is 1. The smallest absolute Gasteiger partial charge is 0.323 e. The maximum absolute atomic E-state index is 12.6. The fourth-order valence-corrected chi connectivity index (χ4v) is 2.52. The quantitative estimate of drug-likeness (QED) is 0.916. The largest absolute Gasteiger partial charge is 0.416 e. The predicted octanol–water partition coefficient (Wildman–Crippen LogP) is 3.05. The SMILES string of the molecule is CC1CCN(CC(N)c2cccc(C(F)(F)F)c2)C1. The molecule has 0 amide bonds. The van der Waals surface area contributed by atoms with Crippen molar-refractivity contribution in [2.24, 2.45) is 11.7 Å². The van der Waals surface area contributed by atoms with Gasteiger partial charge in [-0.25, -0.2) is 0 Å². The Balaban J connectivity index is 2.05. The Kier molecular flexibility index (Phi) is 4.16. The van der Waals surface area contributed by atoms with Crippen molar-refractivity contribution in [3.8, 4) is 0 Å². The Morgan fingerprint density at radius 1 is 1.42 bits per heavy atom. The van der Waals surface area contributed by atoms with E-state index in [4.69, 9.17) is 5.73 Å². The van der Waals surface area contributed by atoms with E-state index in [9.17, 15) is 13.2 Å². The van der Waals surface area contributed by atoms with Gasteiger partial charge in [0.05, 0.1) is 5.56 Å². The van der Waals surface area contributed by atoms with Gasteiger partial charge in [-0.3, -0.25) is 0 Å². The normalized spacial score (nSPS) is 22.7. The molecule has 1 saturated heterocycles. The van der Waals surface area contributed by atoms with Crippen LogP contribution in [-0.2, 0) is 6.18 Å². The van der Waals surface area contributed by atoms with Crippen molar-refractivity contribution in [3.63, 3.8) is 0 Å². The van der Waals surface area contributed by atoms with E-state index < -0.39 is 11.7 Å². The molecule has 2 N–H and O–H groups in total. The highest BCUT2D eigenvalue weighted by Crippen LogP contribution is 2.30. The van der Waals surface area contributed by atoms with E-state index >= 15 is 0 Å². The molecule has 2 unspecified atom stereocenters. The first-order valence-corrected chi connectivity index (χ1v) is 6.51. The molecule has 1 aromatic rings. The van der Waals surface area contributed by atoms with Gasteiger partial charge in [-0.1, -0.05) is 19.1 Å². The predicted molar refractivity (Wildman–Crippen MR) is 68.6 cm³/mol. The first-order chi connectivity index (χ1) is 8.86. The van der Waals surface area contributed by atoms with E-state index in [1.165, 1.54) is 6.07 Å². The molecule has 19 heavy (non-hydrogen) atoms. The molecular formula is C14H19F3N2. The van der Waals surface area contributed by atoms with Crippen molar-refractivity contribution in [3.05, 3.63) is 35.4 Å². The second kappa shape index (κ2) is 5.51. The van der Waals surface area contributed by atoms with Crippen molar-refractivity contribution in [1.29, 1.82) is 0 Å². The van der Waals surface area contributed by atoms with Crippen LogP contribution in [0, 0.1) is 5.92 Å². The molecule has 2 rings (SSSR count). The lowest BCUT2D eigenvalue weighted by atomic mass is 10.0. The maximum Gasteiger partial charge on any atom is 0.416 e. The van der Waals surface area contributed by atoms with Crippen molar-refractivity contribution in [1.82, 2.24) is 4.90 Å². The van der Waals surface area contributed by atoms with Gasteiger partial charge in [0, 0.05) is 19.1 Å². The zero-order chi connectivity index (χ0) is 14.0. The summed E-state index contributed by atoms with van der Waals surface area (Å²) in [5.74, 6) is 0.647. The lowest BCUT2D eigenvalue weighted by molar-refractivity contribution is -0.137. The summed E-state index contributed by atoms with van der Waals surface area (Å²) >= 11 is 0. The van der Waals surface area contributed by atoms with Gasteiger partial charge in [0.1, 0.15) is 0 Å². The van der Waals surface area contributed by atoms with Crippen LogP contribution in [0.25, 0.3) is 0 Å². The maximum atomic E-state index is 12.6. The van der Waals surface area contributed by atoms with Crippen LogP contribution in [0.4, 0.5) is 13.2 Å². The van der Waals surface area contributed by atoms with Crippen molar-refractivity contribution in [2.45, 2.75) is 25.6 Å². The van der Waals surface area contributed by atoms with E-state index in [-0.39, 0.29) is 6.04 Å². The lowest BCUT2D eigenvalue weighted by Gasteiger charge is -2.21. The van der Waals surface area contributed by atoms with E-state index in [0.717, 1.165) is 31.6 Å². The third-order valence-electron chi connectivity index (χ3n) is 3.61. The summed E-state index contributed by atoms with van der Waals surface area (Å²) in [6, 6.07) is 4.95. The Morgan fingerprint density at radius 2 is 2.16 bits per heavy atom. The number of hydrogen-bond acceptors (Lipinski definition) is 2. The number of halogens is 3. The standard InChI is InChI=1S/C14H19F3N2/c1-10-5-6-19(8-10)9-13(18)11-3-2-4-12(7-11)14(15,16)17/h2-4,7,10,13H,5-6,8-9,18H2,1H3. The van der Waals surface area contributed by atoms with E-state index in [1.54, 1.807) is 6.07 Å². The average molecular weight is 272 g/mol. The summed E-state index contributed by atoms with van der Waals surface area (Å²) in [6.45, 7) is 4.75. The molecule has 0 aromatic heterocycles. The number of alkyl halides is 3. The molecule has 0 radical (unpaired) electrons. The monoisotopic (exact) mass is 272 g/mol. The van der Waals surface area contributed by atoms with E-state index in [1.807, 2.05) is 0 Å². The molecule has 0 spiro atoms. The minimum atomic E-state index is -4.31. The first-order valence-electron chi connectivity index (χ1n) is 6.51. The zero-order valence-corrected chi connectivity index (χ0v) is 11.0. The Bertz CT molecular complexity index is 431. The zero-order valence-electron chi connectivity index (χ0n) is 11.0. The summed E-state index contributed by atoms with van der Waals surface area (Å²) in [7, 11) is 0. The van der Waals surface area contributed by atoms with Gasteiger partial charge in [-0.2, -0.15) is 13.2 Å². The second-order valence-corrected chi connectivity index (χ2v) is 5.38. The van der Waals surface area contributed by atoms with Gasteiger partial charge >= 0.3 is 6.18 Å².